The Morgan fingerprint density at radius 1 is 1.28 bits per heavy atom. The molecule has 1 aromatic rings. The number of nitrogens with two attached hydrogens (primary N) is 1. The van der Waals surface area contributed by atoms with Crippen LogP contribution in [0.3, 0.4) is 0 Å². The predicted octanol–water partition coefficient (Wildman–Crippen LogP) is 2.44. The van der Waals surface area contributed by atoms with E-state index in [0.717, 1.165) is 50.5 Å². The van der Waals surface area contributed by atoms with E-state index in [1.807, 2.05) is 18.3 Å². The minimum absolute atomic E-state index is 0.707. The average molecular weight is 251 g/mol. The molecule has 0 aliphatic heterocycles. The van der Waals surface area contributed by atoms with Gasteiger partial charge < -0.3 is 15.4 Å². The minimum atomic E-state index is 0.707. The summed E-state index contributed by atoms with van der Waals surface area (Å²) in [6.07, 6.45) is 4.89. The van der Waals surface area contributed by atoms with Crippen LogP contribution in [-0.4, -0.2) is 31.2 Å². The number of hydrogen-bond acceptors (Lipinski definition) is 4. The molecule has 0 aliphatic rings. The predicted molar refractivity (Wildman–Crippen MR) is 76.2 cm³/mol. The number of hydrogen-bond donors (Lipinski definition) is 1. The number of rotatable bonds is 9. The Morgan fingerprint density at radius 2 is 2.11 bits per heavy atom. The van der Waals surface area contributed by atoms with E-state index in [9.17, 15) is 0 Å². The van der Waals surface area contributed by atoms with Gasteiger partial charge in [0.25, 0.3) is 0 Å². The molecule has 0 radical (unpaired) electrons. The van der Waals surface area contributed by atoms with Gasteiger partial charge in [-0.25, -0.2) is 4.98 Å². The molecule has 1 heterocycles. The molecule has 0 atom stereocenters. The summed E-state index contributed by atoms with van der Waals surface area (Å²) in [4.78, 5) is 6.73. The quantitative estimate of drug-likeness (QED) is 0.732. The van der Waals surface area contributed by atoms with Gasteiger partial charge in [-0.2, -0.15) is 0 Å². The zero-order valence-electron chi connectivity index (χ0n) is 11.6. The third-order valence-electron chi connectivity index (χ3n) is 2.64. The molecule has 4 nitrogen and oxygen atoms in total. The Morgan fingerprint density at radius 3 is 2.78 bits per heavy atom. The lowest BCUT2D eigenvalue weighted by Crippen LogP contribution is -2.28. The van der Waals surface area contributed by atoms with Crippen molar-refractivity contribution in [3.63, 3.8) is 0 Å². The van der Waals surface area contributed by atoms with Gasteiger partial charge in [0.15, 0.2) is 11.6 Å². The third kappa shape index (κ3) is 4.53. The summed E-state index contributed by atoms with van der Waals surface area (Å²) in [5.41, 5.74) is 5.59. The number of aromatic nitrogens is 1. The average Bonchev–Trinajstić information content (AvgIpc) is 2.41. The molecule has 4 heteroatoms. The van der Waals surface area contributed by atoms with Crippen molar-refractivity contribution in [1.29, 1.82) is 0 Å². The molecule has 1 rings (SSSR count). The second-order valence-electron chi connectivity index (χ2n) is 4.30. The zero-order chi connectivity index (χ0) is 13.2. The van der Waals surface area contributed by atoms with Crippen LogP contribution >= 0.6 is 0 Å². The largest absolute Gasteiger partial charge is 0.490 e. The smallest absolute Gasteiger partial charge is 0.171 e. The van der Waals surface area contributed by atoms with Crippen molar-refractivity contribution in [1.82, 2.24) is 4.98 Å². The summed E-state index contributed by atoms with van der Waals surface area (Å²) in [6.45, 7) is 7.64. The van der Waals surface area contributed by atoms with Crippen LogP contribution in [0.1, 0.15) is 33.1 Å². The first-order valence-corrected chi connectivity index (χ1v) is 6.86. The summed E-state index contributed by atoms with van der Waals surface area (Å²) in [5.74, 6) is 1.83. The monoisotopic (exact) mass is 251 g/mol. The lowest BCUT2D eigenvalue weighted by Gasteiger charge is -2.25. The van der Waals surface area contributed by atoms with Crippen LogP contribution < -0.4 is 15.4 Å². The summed E-state index contributed by atoms with van der Waals surface area (Å²) < 4.78 is 5.76. The number of ether oxygens (including phenoxy) is 1. The highest BCUT2D eigenvalue weighted by molar-refractivity contribution is 5.52. The molecule has 0 amide bonds. The molecule has 2 N–H and O–H groups in total. The highest BCUT2D eigenvalue weighted by atomic mass is 16.5. The van der Waals surface area contributed by atoms with Crippen molar-refractivity contribution in [2.24, 2.45) is 5.73 Å². The molecule has 0 aliphatic carbocycles. The van der Waals surface area contributed by atoms with E-state index in [2.05, 4.69) is 23.7 Å². The fourth-order valence-corrected chi connectivity index (χ4v) is 1.82. The van der Waals surface area contributed by atoms with Gasteiger partial charge >= 0.3 is 0 Å². The molecule has 18 heavy (non-hydrogen) atoms. The van der Waals surface area contributed by atoms with Crippen LogP contribution in [0.4, 0.5) is 5.82 Å². The van der Waals surface area contributed by atoms with Gasteiger partial charge in [-0.3, -0.25) is 0 Å². The summed E-state index contributed by atoms with van der Waals surface area (Å²) in [5, 5.41) is 0. The molecule has 0 unspecified atom stereocenters. The van der Waals surface area contributed by atoms with E-state index in [1.165, 1.54) is 0 Å². The fraction of sp³-hybridized carbons (Fsp3) is 0.643. The van der Waals surface area contributed by atoms with Gasteiger partial charge in [0, 0.05) is 19.3 Å². The Balaban J connectivity index is 2.80. The molecule has 0 spiro atoms. The van der Waals surface area contributed by atoms with Gasteiger partial charge in [0.1, 0.15) is 0 Å². The third-order valence-corrected chi connectivity index (χ3v) is 2.64. The lowest BCUT2D eigenvalue weighted by atomic mass is 10.3. The van der Waals surface area contributed by atoms with Crippen LogP contribution in [0, 0.1) is 0 Å². The highest BCUT2D eigenvalue weighted by Crippen LogP contribution is 2.25. The molecule has 0 saturated heterocycles. The minimum Gasteiger partial charge on any atom is -0.490 e. The van der Waals surface area contributed by atoms with Crippen molar-refractivity contribution in [2.75, 3.05) is 31.1 Å². The number of nitrogens with zero attached hydrogens (tertiary/aromatic N) is 2. The summed E-state index contributed by atoms with van der Waals surface area (Å²) in [7, 11) is 0. The van der Waals surface area contributed by atoms with Gasteiger partial charge in [0.05, 0.1) is 6.61 Å². The molecule has 0 bridgehead atoms. The van der Waals surface area contributed by atoms with Crippen molar-refractivity contribution in [3.05, 3.63) is 18.3 Å². The van der Waals surface area contributed by atoms with E-state index < -0.39 is 0 Å². The first kappa shape index (κ1) is 14.8. The lowest BCUT2D eigenvalue weighted by molar-refractivity contribution is 0.316. The first-order chi connectivity index (χ1) is 8.83. The standard InChI is InChI=1S/C14H25N3O/c1-3-10-17(11-6-8-15)14-13(18-12-4-2)7-5-9-16-14/h5,7,9H,3-4,6,8,10-12,15H2,1-2H3. The molecule has 1 aromatic heterocycles. The molecule has 0 fully saturated rings. The van der Waals surface area contributed by atoms with E-state index >= 15 is 0 Å². The molecule has 102 valence electrons. The second-order valence-corrected chi connectivity index (χ2v) is 4.30. The fourth-order valence-electron chi connectivity index (χ4n) is 1.82. The maximum absolute atomic E-state index is 5.76. The molecular weight excluding hydrogens is 226 g/mol. The van der Waals surface area contributed by atoms with Crippen LogP contribution in [0.5, 0.6) is 5.75 Å². The molecular formula is C14H25N3O. The van der Waals surface area contributed by atoms with Gasteiger partial charge in [0.2, 0.25) is 0 Å². The molecule has 0 saturated carbocycles. The summed E-state index contributed by atoms with van der Waals surface area (Å²) in [6, 6.07) is 3.91. The van der Waals surface area contributed by atoms with Crippen molar-refractivity contribution in [3.8, 4) is 5.75 Å². The van der Waals surface area contributed by atoms with Crippen molar-refractivity contribution in [2.45, 2.75) is 33.1 Å². The van der Waals surface area contributed by atoms with Crippen LogP contribution in [0.15, 0.2) is 18.3 Å². The number of anilines is 1. The van der Waals surface area contributed by atoms with E-state index in [4.69, 9.17) is 10.5 Å². The maximum atomic E-state index is 5.76. The van der Waals surface area contributed by atoms with Crippen LogP contribution in [0.25, 0.3) is 0 Å². The van der Waals surface area contributed by atoms with Crippen LogP contribution in [0.2, 0.25) is 0 Å². The Hall–Kier alpha value is -1.29. The number of pyridine rings is 1. The zero-order valence-corrected chi connectivity index (χ0v) is 11.6. The highest BCUT2D eigenvalue weighted by Gasteiger charge is 2.12. The van der Waals surface area contributed by atoms with E-state index in [1.54, 1.807) is 0 Å². The van der Waals surface area contributed by atoms with E-state index in [0.29, 0.717) is 6.54 Å². The Labute approximate surface area is 110 Å². The maximum Gasteiger partial charge on any atom is 0.171 e. The Bertz CT molecular complexity index is 331. The summed E-state index contributed by atoms with van der Waals surface area (Å²) >= 11 is 0. The first-order valence-electron chi connectivity index (χ1n) is 6.86. The Kier molecular flexibility index (Phi) is 7.18. The molecule has 0 aromatic carbocycles. The second kappa shape index (κ2) is 8.75. The SMILES string of the molecule is CCCOc1cccnc1N(CCC)CCCN. The van der Waals surface area contributed by atoms with Crippen LogP contribution in [-0.2, 0) is 0 Å². The van der Waals surface area contributed by atoms with Gasteiger partial charge in [-0.1, -0.05) is 13.8 Å². The topological polar surface area (TPSA) is 51.4 Å². The van der Waals surface area contributed by atoms with Gasteiger partial charge in [-0.15, -0.1) is 0 Å². The normalized spacial score (nSPS) is 10.4. The van der Waals surface area contributed by atoms with E-state index in [-0.39, 0.29) is 0 Å². The van der Waals surface area contributed by atoms with Crippen molar-refractivity contribution >= 4 is 5.82 Å². The van der Waals surface area contributed by atoms with Crippen molar-refractivity contribution < 1.29 is 4.74 Å². The van der Waals surface area contributed by atoms with Gasteiger partial charge in [-0.05, 0) is 37.9 Å².